The van der Waals surface area contributed by atoms with Gasteiger partial charge < -0.3 is 0 Å². The van der Waals surface area contributed by atoms with E-state index in [0.717, 1.165) is 12.0 Å². The Hall–Kier alpha value is -1.32. The van der Waals surface area contributed by atoms with Crippen molar-refractivity contribution in [3.8, 4) is 0 Å². The van der Waals surface area contributed by atoms with Crippen molar-refractivity contribution in [3.05, 3.63) is 11.6 Å². The predicted octanol–water partition coefficient (Wildman–Crippen LogP) is 0.462. The van der Waals surface area contributed by atoms with Gasteiger partial charge in [0, 0.05) is 0 Å². The van der Waals surface area contributed by atoms with E-state index >= 15 is 0 Å². The van der Waals surface area contributed by atoms with Crippen LogP contribution in [-0.2, 0) is 9.59 Å². The lowest BCUT2D eigenvalue weighted by molar-refractivity contribution is -0.147. The molecule has 2 rings (SSSR count). The molecule has 1 heterocycles. The van der Waals surface area contributed by atoms with E-state index in [-0.39, 0.29) is 23.7 Å². The topological polar surface area (TPSA) is 49.4 Å². The van der Waals surface area contributed by atoms with Crippen LogP contribution in [0.4, 0.5) is 0 Å². The number of hydrogen-bond donors (Lipinski definition) is 1. The first kappa shape index (κ1) is 9.24. The molecular formula is C10H14N2O2. The van der Waals surface area contributed by atoms with Crippen molar-refractivity contribution < 1.29 is 9.59 Å². The van der Waals surface area contributed by atoms with Crippen LogP contribution in [0.2, 0.25) is 0 Å². The van der Waals surface area contributed by atoms with Crippen LogP contribution in [0.1, 0.15) is 20.3 Å². The van der Waals surface area contributed by atoms with E-state index in [1.165, 1.54) is 5.01 Å². The highest BCUT2D eigenvalue weighted by molar-refractivity contribution is 5.97. The van der Waals surface area contributed by atoms with Gasteiger partial charge in [-0.1, -0.05) is 11.6 Å². The Kier molecular flexibility index (Phi) is 2.06. The summed E-state index contributed by atoms with van der Waals surface area (Å²) < 4.78 is 0. The molecule has 2 atom stereocenters. The SMILES string of the molecule is CC(C)=CCN1NC(=O)C2CC2C1=O. The number of hydrogen-bond acceptors (Lipinski definition) is 2. The lowest BCUT2D eigenvalue weighted by Crippen LogP contribution is -2.51. The number of nitrogens with zero attached hydrogens (tertiary/aromatic N) is 1. The van der Waals surface area contributed by atoms with Crippen molar-refractivity contribution in [3.63, 3.8) is 0 Å². The number of nitrogens with one attached hydrogen (secondary N) is 1. The summed E-state index contributed by atoms with van der Waals surface area (Å²) in [6, 6.07) is 0. The number of carbonyl (C=O) groups excluding carboxylic acids is 2. The third-order valence-corrected chi connectivity index (χ3v) is 2.64. The molecule has 0 aromatic heterocycles. The summed E-state index contributed by atoms with van der Waals surface area (Å²) in [6.45, 7) is 4.42. The van der Waals surface area contributed by atoms with Crippen molar-refractivity contribution in [2.45, 2.75) is 20.3 Å². The van der Waals surface area contributed by atoms with Gasteiger partial charge in [0.2, 0.25) is 11.8 Å². The number of amides is 2. The van der Waals surface area contributed by atoms with Crippen molar-refractivity contribution in [2.75, 3.05) is 6.54 Å². The van der Waals surface area contributed by atoms with Crippen LogP contribution in [-0.4, -0.2) is 23.4 Å². The maximum Gasteiger partial charge on any atom is 0.245 e. The first-order valence-electron chi connectivity index (χ1n) is 4.85. The number of carbonyl (C=O) groups is 2. The fourth-order valence-corrected chi connectivity index (χ4v) is 1.64. The fraction of sp³-hybridized carbons (Fsp3) is 0.600. The van der Waals surface area contributed by atoms with Crippen LogP contribution in [0, 0.1) is 11.8 Å². The van der Waals surface area contributed by atoms with Gasteiger partial charge in [0.25, 0.3) is 0 Å². The molecule has 2 amide bonds. The van der Waals surface area contributed by atoms with Gasteiger partial charge in [0.15, 0.2) is 0 Å². The minimum Gasteiger partial charge on any atom is -0.273 e. The molecule has 14 heavy (non-hydrogen) atoms. The number of allylic oxidation sites excluding steroid dienone is 1. The van der Waals surface area contributed by atoms with Crippen LogP contribution in [0.15, 0.2) is 11.6 Å². The maximum atomic E-state index is 11.6. The summed E-state index contributed by atoms with van der Waals surface area (Å²) in [7, 11) is 0. The average Bonchev–Trinajstić information content (AvgIpc) is 2.88. The van der Waals surface area contributed by atoms with Gasteiger partial charge in [-0.05, 0) is 20.3 Å². The molecule has 1 N–H and O–H groups in total. The zero-order chi connectivity index (χ0) is 10.3. The third-order valence-electron chi connectivity index (χ3n) is 2.64. The Bertz CT molecular complexity index is 318. The minimum absolute atomic E-state index is 0.00300. The summed E-state index contributed by atoms with van der Waals surface area (Å²) in [6.07, 6.45) is 2.66. The van der Waals surface area contributed by atoms with Crippen molar-refractivity contribution in [1.29, 1.82) is 0 Å². The second kappa shape index (κ2) is 3.12. The lowest BCUT2D eigenvalue weighted by atomic mass is 10.2. The molecule has 1 saturated heterocycles. The van der Waals surface area contributed by atoms with Gasteiger partial charge in [0.1, 0.15) is 0 Å². The van der Waals surface area contributed by atoms with Gasteiger partial charge in [-0.2, -0.15) is 0 Å². The first-order valence-corrected chi connectivity index (χ1v) is 4.85. The van der Waals surface area contributed by atoms with Crippen LogP contribution in [0.5, 0.6) is 0 Å². The van der Waals surface area contributed by atoms with E-state index in [1.807, 2.05) is 19.9 Å². The summed E-state index contributed by atoms with van der Waals surface area (Å²) in [5, 5.41) is 1.42. The van der Waals surface area contributed by atoms with Gasteiger partial charge in [0.05, 0.1) is 18.4 Å². The van der Waals surface area contributed by atoms with Crippen molar-refractivity contribution in [1.82, 2.24) is 10.4 Å². The smallest absolute Gasteiger partial charge is 0.245 e. The van der Waals surface area contributed by atoms with Gasteiger partial charge in [-0.3, -0.25) is 15.0 Å². The standard InChI is InChI=1S/C10H14N2O2/c1-6(2)3-4-12-10(14)8-5-7(8)9(13)11-12/h3,7-8H,4-5H2,1-2H3,(H,11,13). The summed E-state index contributed by atoms with van der Waals surface area (Å²) in [5.74, 6) is -0.0105. The van der Waals surface area contributed by atoms with Crippen LogP contribution >= 0.6 is 0 Å². The fourth-order valence-electron chi connectivity index (χ4n) is 1.64. The van der Waals surface area contributed by atoms with Gasteiger partial charge >= 0.3 is 0 Å². The molecular weight excluding hydrogens is 180 g/mol. The number of fused-ring (bicyclic) bond motifs is 1. The van der Waals surface area contributed by atoms with Crippen molar-refractivity contribution in [2.24, 2.45) is 11.8 Å². The molecule has 0 radical (unpaired) electrons. The molecule has 1 saturated carbocycles. The van der Waals surface area contributed by atoms with Gasteiger partial charge in [-0.15, -0.1) is 0 Å². The van der Waals surface area contributed by atoms with Crippen LogP contribution < -0.4 is 5.43 Å². The Balaban J connectivity index is 2.01. The average molecular weight is 194 g/mol. The summed E-state index contributed by atoms with van der Waals surface area (Å²) in [5.41, 5.74) is 3.76. The monoisotopic (exact) mass is 194 g/mol. The summed E-state index contributed by atoms with van der Waals surface area (Å²) >= 11 is 0. The molecule has 0 aromatic carbocycles. The maximum absolute atomic E-state index is 11.6. The van der Waals surface area contributed by atoms with E-state index in [4.69, 9.17) is 0 Å². The van der Waals surface area contributed by atoms with Crippen LogP contribution in [0.3, 0.4) is 0 Å². The first-order chi connectivity index (χ1) is 6.59. The largest absolute Gasteiger partial charge is 0.273 e. The lowest BCUT2D eigenvalue weighted by Gasteiger charge is -2.25. The van der Waals surface area contributed by atoms with E-state index < -0.39 is 0 Å². The second-order valence-corrected chi connectivity index (χ2v) is 4.16. The Labute approximate surface area is 82.9 Å². The molecule has 0 aromatic rings. The molecule has 4 heteroatoms. The van der Waals surface area contributed by atoms with E-state index in [9.17, 15) is 9.59 Å². The number of rotatable bonds is 2. The molecule has 1 aliphatic carbocycles. The van der Waals surface area contributed by atoms with E-state index in [0.29, 0.717) is 6.54 Å². The normalized spacial score (nSPS) is 29.4. The molecule has 4 nitrogen and oxygen atoms in total. The van der Waals surface area contributed by atoms with Gasteiger partial charge in [-0.25, -0.2) is 5.01 Å². The molecule has 0 bridgehead atoms. The van der Waals surface area contributed by atoms with Crippen LogP contribution in [0.25, 0.3) is 0 Å². The van der Waals surface area contributed by atoms with E-state index in [2.05, 4.69) is 5.43 Å². The molecule has 1 aliphatic heterocycles. The highest BCUT2D eigenvalue weighted by Gasteiger charge is 2.53. The zero-order valence-electron chi connectivity index (χ0n) is 8.41. The summed E-state index contributed by atoms with van der Waals surface area (Å²) in [4.78, 5) is 22.9. The predicted molar refractivity (Wildman–Crippen MR) is 50.9 cm³/mol. The highest BCUT2D eigenvalue weighted by Crippen LogP contribution is 2.42. The second-order valence-electron chi connectivity index (χ2n) is 4.16. The third kappa shape index (κ3) is 1.52. The molecule has 0 spiro atoms. The minimum atomic E-state index is -0.0366. The Morgan fingerprint density at radius 3 is 2.86 bits per heavy atom. The highest BCUT2D eigenvalue weighted by atomic mass is 16.2. The number of hydrazine groups is 1. The molecule has 76 valence electrons. The Morgan fingerprint density at radius 2 is 2.21 bits per heavy atom. The quantitative estimate of drug-likeness (QED) is 0.649. The van der Waals surface area contributed by atoms with E-state index in [1.54, 1.807) is 0 Å². The zero-order valence-corrected chi connectivity index (χ0v) is 8.41. The molecule has 2 aliphatic rings. The van der Waals surface area contributed by atoms with Crippen molar-refractivity contribution >= 4 is 11.8 Å². The molecule has 2 unspecified atom stereocenters. The Morgan fingerprint density at radius 1 is 1.50 bits per heavy atom. The molecule has 2 fully saturated rings.